The highest BCUT2D eigenvalue weighted by Crippen LogP contribution is 2.26. The number of piperidine rings is 1. The summed E-state index contributed by atoms with van der Waals surface area (Å²) in [5.74, 6) is 1.21. The predicted octanol–water partition coefficient (Wildman–Crippen LogP) is 5.37. The van der Waals surface area contributed by atoms with Gasteiger partial charge in [-0.05, 0) is 73.0 Å². The Hall–Kier alpha value is -2.39. The van der Waals surface area contributed by atoms with Crippen molar-refractivity contribution in [2.24, 2.45) is 5.92 Å². The molecule has 146 valence electrons. The fourth-order valence-corrected chi connectivity index (χ4v) is 4.27. The van der Waals surface area contributed by atoms with Crippen LogP contribution in [0.1, 0.15) is 49.3 Å². The largest absolute Gasteiger partial charge is 0.423 e. The Kier molecular flexibility index (Phi) is 5.63. The van der Waals surface area contributed by atoms with Crippen molar-refractivity contribution < 1.29 is 4.42 Å². The van der Waals surface area contributed by atoms with Crippen molar-refractivity contribution in [1.82, 2.24) is 4.90 Å². The number of rotatable bonds is 5. The Morgan fingerprint density at radius 1 is 1.04 bits per heavy atom. The molecule has 0 amide bonds. The van der Waals surface area contributed by atoms with E-state index in [-0.39, 0.29) is 5.63 Å². The van der Waals surface area contributed by atoms with Gasteiger partial charge in [-0.1, -0.05) is 50.2 Å². The van der Waals surface area contributed by atoms with Gasteiger partial charge in [-0.2, -0.15) is 0 Å². The predicted molar refractivity (Wildman–Crippen MR) is 115 cm³/mol. The Morgan fingerprint density at radius 3 is 2.50 bits per heavy atom. The van der Waals surface area contributed by atoms with Gasteiger partial charge < -0.3 is 4.42 Å². The van der Waals surface area contributed by atoms with Crippen LogP contribution in [0.25, 0.3) is 11.0 Å². The lowest BCUT2D eigenvalue weighted by Crippen LogP contribution is -2.34. The molecule has 2 aromatic carbocycles. The molecule has 0 unspecified atom stereocenters. The Morgan fingerprint density at radius 2 is 1.79 bits per heavy atom. The van der Waals surface area contributed by atoms with Crippen LogP contribution >= 0.6 is 0 Å². The van der Waals surface area contributed by atoms with Crippen molar-refractivity contribution in [3.8, 4) is 0 Å². The molecule has 3 heteroatoms. The maximum absolute atomic E-state index is 12.0. The summed E-state index contributed by atoms with van der Waals surface area (Å²) >= 11 is 0. The summed E-state index contributed by atoms with van der Waals surface area (Å²) in [5, 5.41) is 1.08. The molecule has 4 rings (SSSR count). The molecule has 0 saturated carbocycles. The molecule has 2 heterocycles. The highest BCUT2D eigenvalue weighted by molar-refractivity contribution is 5.81. The van der Waals surface area contributed by atoms with Crippen molar-refractivity contribution in [3.63, 3.8) is 0 Å². The van der Waals surface area contributed by atoms with E-state index in [0.717, 1.165) is 36.5 Å². The maximum atomic E-state index is 12.0. The minimum absolute atomic E-state index is 0.251. The van der Waals surface area contributed by atoms with Gasteiger partial charge in [0.2, 0.25) is 0 Å². The van der Waals surface area contributed by atoms with Crippen LogP contribution in [0.15, 0.2) is 63.8 Å². The monoisotopic (exact) mass is 375 g/mol. The van der Waals surface area contributed by atoms with Crippen LogP contribution < -0.4 is 5.63 Å². The summed E-state index contributed by atoms with van der Waals surface area (Å²) in [7, 11) is 0. The lowest BCUT2D eigenvalue weighted by atomic mass is 9.90. The second-order valence-corrected chi connectivity index (χ2v) is 8.41. The summed E-state index contributed by atoms with van der Waals surface area (Å²) < 4.78 is 5.44. The van der Waals surface area contributed by atoms with Crippen LogP contribution in [0.4, 0.5) is 0 Å². The standard InChI is InChI=1S/C25H29NO2/c1-18(2)21-8-9-24-23(15-21)22(16-25(27)28-24)17-26-12-10-20(11-13-26)14-19-6-4-3-5-7-19/h3-9,15-16,18,20H,10-14,17H2,1-2H3. The zero-order chi connectivity index (χ0) is 19.5. The fourth-order valence-electron chi connectivity index (χ4n) is 4.27. The van der Waals surface area contributed by atoms with E-state index >= 15 is 0 Å². The van der Waals surface area contributed by atoms with Gasteiger partial charge in [-0.15, -0.1) is 0 Å². The average Bonchev–Trinajstić information content (AvgIpc) is 2.70. The molecule has 1 aliphatic heterocycles. The van der Waals surface area contributed by atoms with Crippen LogP contribution in [0, 0.1) is 5.92 Å². The molecule has 1 aliphatic rings. The smallest absolute Gasteiger partial charge is 0.336 e. The van der Waals surface area contributed by atoms with Gasteiger partial charge in [0.1, 0.15) is 5.58 Å². The van der Waals surface area contributed by atoms with Gasteiger partial charge in [0.15, 0.2) is 0 Å². The Bertz CT molecular complexity index is 982. The molecule has 0 atom stereocenters. The van der Waals surface area contributed by atoms with Crippen LogP contribution in [0.5, 0.6) is 0 Å². The van der Waals surface area contributed by atoms with Gasteiger partial charge in [0.05, 0.1) is 0 Å². The first-order valence-electron chi connectivity index (χ1n) is 10.4. The van der Waals surface area contributed by atoms with Crippen LogP contribution in [0.2, 0.25) is 0 Å². The maximum Gasteiger partial charge on any atom is 0.336 e. The first-order valence-corrected chi connectivity index (χ1v) is 10.4. The van der Waals surface area contributed by atoms with Crippen molar-refractivity contribution in [2.75, 3.05) is 13.1 Å². The second kappa shape index (κ2) is 8.32. The minimum atomic E-state index is -0.251. The zero-order valence-corrected chi connectivity index (χ0v) is 16.9. The summed E-state index contributed by atoms with van der Waals surface area (Å²) in [4.78, 5) is 14.5. The summed E-state index contributed by atoms with van der Waals surface area (Å²) in [6.45, 7) is 7.38. The Balaban J connectivity index is 1.47. The van der Waals surface area contributed by atoms with Crippen LogP contribution in [-0.2, 0) is 13.0 Å². The van der Waals surface area contributed by atoms with E-state index in [2.05, 4.69) is 61.2 Å². The summed E-state index contributed by atoms with van der Waals surface area (Å²) in [5.41, 5.74) is 4.26. The van der Waals surface area contributed by atoms with E-state index in [1.54, 1.807) is 6.07 Å². The third-order valence-electron chi connectivity index (χ3n) is 5.99. The third kappa shape index (κ3) is 4.36. The minimum Gasteiger partial charge on any atom is -0.423 e. The molecular weight excluding hydrogens is 346 g/mol. The average molecular weight is 376 g/mol. The van der Waals surface area contributed by atoms with Crippen LogP contribution in [-0.4, -0.2) is 18.0 Å². The summed E-state index contributed by atoms with van der Waals surface area (Å²) in [6.07, 6.45) is 3.60. The van der Waals surface area contributed by atoms with Gasteiger partial charge in [-0.25, -0.2) is 4.79 Å². The SMILES string of the molecule is CC(C)c1ccc2oc(=O)cc(CN3CCC(Cc4ccccc4)CC3)c2c1. The van der Waals surface area contributed by atoms with Gasteiger partial charge in [-0.3, -0.25) is 4.90 Å². The zero-order valence-electron chi connectivity index (χ0n) is 16.9. The highest BCUT2D eigenvalue weighted by Gasteiger charge is 2.20. The Labute approximate surface area is 167 Å². The normalized spacial score (nSPS) is 16.1. The van der Waals surface area contributed by atoms with E-state index in [1.165, 1.54) is 30.4 Å². The first-order chi connectivity index (χ1) is 13.6. The molecule has 1 saturated heterocycles. The topological polar surface area (TPSA) is 33.5 Å². The molecule has 1 fully saturated rings. The molecule has 3 aromatic rings. The lowest BCUT2D eigenvalue weighted by molar-refractivity contribution is 0.177. The van der Waals surface area contributed by atoms with E-state index < -0.39 is 0 Å². The molecule has 0 spiro atoms. The van der Waals surface area contributed by atoms with Crippen molar-refractivity contribution in [1.29, 1.82) is 0 Å². The lowest BCUT2D eigenvalue weighted by Gasteiger charge is -2.32. The highest BCUT2D eigenvalue weighted by atomic mass is 16.4. The van der Waals surface area contributed by atoms with E-state index in [4.69, 9.17) is 4.42 Å². The number of benzene rings is 2. The molecule has 0 radical (unpaired) electrons. The van der Waals surface area contributed by atoms with Crippen LogP contribution in [0.3, 0.4) is 0 Å². The molecule has 0 bridgehead atoms. The first kappa shape index (κ1) is 18.9. The van der Waals surface area contributed by atoms with Crippen molar-refractivity contribution in [3.05, 3.63) is 81.7 Å². The number of likely N-dealkylation sites (tertiary alicyclic amines) is 1. The summed E-state index contributed by atoms with van der Waals surface area (Å²) in [6, 6.07) is 18.7. The quantitative estimate of drug-likeness (QED) is 0.562. The number of nitrogens with zero attached hydrogens (tertiary/aromatic N) is 1. The fraction of sp³-hybridized carbons (Fsp3) is 0.400. The van der Waals surface area contributed by atoms with E-state index in [0.29, 0.717) is 11.5 Å². The third-order valence-corrected chi connectivity index (χ3v) is 5.99. The van der Waals surface area contributed by atoms with E-state index in [9.17, 15) is 4.79 Å². The van der Waals surface area contributed by atoms with Crippen molar-refractivity contribution >= 4 is 11.0 Å². The van der Waals surface area contributed by atoms with Gasteiger partial charge in [0.25, 0.3) is 0 Å². The number of fused-ring (bicyclic) bond motifs is 1. The molecule has 3 nitrogen and oxygen atoms in total. The number of hydrogen-bond donors (Lipinski definition) is 0. The number of hydrogen-bond acceptors (Lipinski definition) is 3. The van der Waals surface area contributed by atoms with Gasteiger partial charge >= 0.3 is 5.63 Å². The molecular formula is C25H29NO2. The molecule has 1 aromatic heterocycles. The second-order valence-electron chi connectivity index (χ2n) is 8.41. The molecule has 28 heavy (non-hydrogen) atoms. The van der Waals surface area contributed by atoms with E-state index in [1.807, 2.05) is 6.07 Å². The molecule has 0 aliphatic carbocycles. The molecule has 0 N–H and O–H groups in total. The van der Waals surface area contributed by atoms with Crippen molar-refractivity contribution in [2.45, 2.75) is 45.6 Å². The van der Waals surface area contributed by atoms with Gasteiger partial charge in [0, 0.05) is 18.0 Å².